The molecule has 0 bridgehead atoms. The van der Waals surface area contributed by atoms with Crippen molar-refractivity contribution in [3.8, 4) is 5.75 Å². The first-order valence-corrected chi connectivity index (χ1v) is 13.8. The smallest absolute Gasteiger partial charge is 0.430 e. The molecule has 1 aromatic heterocycles. The van der Waals surface area contributed by atoms with Gasteiger partial charge in [-0.05, 0) is 62.6 Å². The summed E-state index contributed by atoms with van der Waals surface area (Å²) in [5.41, 5.74) is 5.09. The lowest BCUT2D eigenvalue weighted by Gasteiger charge is -2.17. The van der Waals surface area contributed by atoms with Gasteiger partial charge in [-0.1, -0.05) is 31.0 Å². The molecule has 43 heavy (non-hydrogen) atoms. The van der Waals surface area contributed by atoms with Crippen molar-refractivity contribution in [1.29, 1.82) is 0 Å². The van der Waals surface area contributed by atoms with Crippen molar-refractivity contribution in [1.82, 2.24) is 10.3 Å². The number of H-pyrrole nitrogens is 1. The summed E-state index contributed by atoms with van der Waals surface area (Å²) in [6, 6.07) is 15.8. The van der Waals surface area contributed by atoms with Crippen LogP contribution in [0.2, 0.25) is 0 Å². The highest BCUT2D eigenvalue weighted by atomic mass is 19.4. The van der Waals surface area contributed by atoms with Crippen LogP contribution in [0.15, 0.2) is 59.7 Å². The number of hydrogen-bond acceptors (Lipinski definition) is 6. The van der Waals surface area contributed by atoms with Gasteiger partial charge < -0.3 is 29.7 Å². The molecule has 0 saturated heterocycles. The van der Waals surface area contributed by atoms with Gasteiger partial charge in [0.05, 0.1) is 19.7 Å². The largest absolute Gasteiger partial charge is 0.542 e. The maximum absolute atomic E-state index is 13.3. The van der Waals surface area contributed by atoms with Crippen molar-refractivity contribution in [2.45, 2.75) is 64.6 Å². The number of methoxy groups -OCH3 is 1. The Kier molecular flexibility index (Phi) is 11.6. The molecule has 1 aliphatic rings. The van der Waals surface area contributed by atoms with E-state index in [1.807, 2.05) is 49.5 Å². The lowest BCUT2D eigenvalue weighted by atomic mass is 10.0. The number of fused-ring (bicyclic) bond motifs is 1. The van der Waals surface area contributed by atoms with E-state index in [4.69, 9.17) is 14.6 Å². The molecule has 1 amide bonds. The Bertz CT molecular complexity index is 1500. The zero-order valence-corrected chi connectivity index (χ0v) is 24.2. The summed E-state index contributed by atoms with van der Waals surface area (Å²) in [6.45, 7) is 3.62. The quantitative estimate of drug-likeness (QED) is 0.274. The van der Waals surface area contributed by atoms with Crippen LogP contribution >= 0.6 is 0 Å². The molecule has 9 nitrogen and oxygen atoms in total. The van der Waals surface area contributed by atoms with Crippen molar-refractivity contribution in [2.24, 2.45) is 4.99 Å². The topological polar surface area (TPSA) is 140 Å². The number of nitrogens with one attached hydrogen (secondary N) is 2. The molecule has 0 radical (unpaired) electrons. The minimum absolute atomic E-state index is 0.0418. The number of ketones is 1. The molecule has 1 aliphatic heterocycles. The highest BCUT2D eigenvalue weighted by Crippen LogP contribution is 2.27. The molecule has 0 spiro atoms. The number of aliphatic carboxylic acids is 1. The zero-order chi connectivity index (χ0) is 31.6. The molecule has 0 fully saturated rings. The van der Waals surface area contributed by atoms with Crippen LogP contribution in [0.1, 0.15) is 55.8 Å². The molecule has 0 aliphatic carbocycles. The van der Waals surface area contributed by atoms with Gasteiger partial charge >= 0.3 is 6.18 Å². The number of halogens is 3. The van der Waals surface area contributed by atoms with Gasteiger partial charge in [0.1, 0.15) is 23.5 Å². The average Bonchev–Trinajstić information content (AvgIpc) is 3.57. The van der Waals surface area contributed by atoms with Gasteiger partial charge in [-0.15, -0.1) is 0 Å². The zero-order valence-electron chi connectivity index (χ0n) is 24.2. The lowest BCUT2D eigenvalue weighted by Crippen LogP contribution is -2.87. The molecule has 4 rings (SSSR count). The molecule has 1 unspecified atom stereocenters. The maximum atomic E-state index is 13.3. The van der Waals surface area contributed by atoms with Crippen LogP contribution in [0.25, 0.3) is 16.6 Å². The number of nitrogens with zero attached hydrogens (tertiary/aromatic N) is 1. The van der Waals surface area contributed by atoms with E-state index >= 15 is 0 Å². The summed E-state index contributed by atoms with van der Waals surface area (Å²) < 4.78 is 36.9. The Labute approximate surface area is 247 Å². The number of ether oxygens (including phenoxy) is 1. The van der Waals surface area contributed by atoms with Gasteiger partial charge in [0, 0.05) is 28.6 Å². The van der Waals surface area contributed by atoms with Crippen molar-refractivity contribution in [3.63, 3.8) is 0 Å². The van der Waals surface area contributed by atoms with Gasteiger partial charge in [-0.2, -0.15) is 13.2 Å². The molecule has 2 heterocycles. The van der Waals surface area contributed by atoms with Crippen LogP contribution in [-0.2, 0) is 20.8 Å². The third-order valence-corrected chi connectivity index (χ3v) is 6.87. The standard InChI is InChI=1S/C29H34N4O3.C2HF3O2/c1-19(34)10-6-4-9-13-26(29-30-18-27(33-29)21-11-7-5-8-12-21)32-28(35)17-23-20(2)31-25-15-14-22(36-3)16-24(23)25;3-2(4,5)1(6)7/h5,7-8,11-12,14-16,18,26,31H,4,6,9-10,13,17H2,1-3H3,(H,30,33)(H,32,35);(H,6,7). The SMILES string of the molecule is COc1ccc2[nH]c(C)c(CC(=O)NC(CCCCCC(C)=O)C3=NC=C(c4ccccc4)[NH2+]3)c2c1.O=C([O-])C(F)(F)F. The third kappa shape index (κ3) is 9.81. The molecule has 230 valence electrons. The van der Waals surface area contributed by atoms with E-state index < -0.39 is 12.1 Å². The summed E-state index contributed by atoms with van der Waals surface area (Å²) in [6.07, 6.45) is 1.05. The van der Waals surface area contributed by atoms with E-state index in [0.717, 1.165) is 70.7 Å². The van der Waals surface area contributed by atoms with Gasteiger partial charge in [0.2, 0.25) is 11.7 Å². The molecule has 12 heteroatoms. The highest BCUT2D eigenvalue weighted by molar-refractivity contribution is 5.94. The minimum Gasteiger partial charge on any atom is -0.542 e. The average molecular weight is 601 g/mol. The Morgan fingerprint density at radius 1 is 1.09 bits per heavy atom. The summed E-state index contributed by atoms with van der Waals surface area (Å²) >= 11 is 0. The van der Waals surface area contributed by atoms with E-state index in [9.17, 15) is 22.8 Å². The number of amides is 1. The fourth-order valence-electron chi connectivity index (χ4n) is 4.67. The first-order valence-electron chi connectivity index (χ1n) is 13.8. The fourth-order valence-corrected chi connectivity index (χ4v) is 4.67. The van der Waals surface area contributed by atoms with Crippen molar-refractivity contribution in [3.05, 3.63) is 71.6 Å². The molecular weight excluding hydrogens is 565 g/mol. The summed E-state index contributed by atoms with van der Waals surface area (Å²) in [4.78, 5) is 41.4. The number of aliphatic imine (C=N–C) groups is 1. The second-order valence-electron chi connectivity index (χ2n) is 10.2. The number of nitrogens with two attached hydrogens (primary N) is 1. The summed E-state index contributed by atoms with van der Waals surface area (Å²) in [5, 5.41) is 15.1. The molecule has 3 aromatic rings. The maximum Gasteiger partial charge on any atom is 0.430 e. The van der Waals surface area contributed by atoms with Gasteiger partial charge in [0.25, 0.3) is 0 Å². The predicted octanol–water partition coefficient (Wildman–Crippen LogP) is 3.32. The number of hydrogen-bond donors (Lipinski definition) is 3. The number of carboxylic acids is 1. The van der Waals surface area contributed by atoms with E-state index in [2.05, 4.69) is 32.7 Å². The molecule has 0 saturated carbocycles. The van der Waals surface area contributed by atoms with Crippen LogP contribution in [0, 0.1) is 6.92 Å². The normalized spacial score (nSPS) is 13.4. The predicted molar refractivity (Wildman–Crippen MR) is 154 cm³/mol. The Hall–Kier alpha value is -4.45. The Morgan fingerprint density at radius 2 is 1.79 bits per heavy atom. The van der Waals surface area contributed by atoms with Gasteiger partial charge in [-0.3, -0.25) is 10.1 Å². The molecular formula is C31H35F3N4O5. The van der Waals surface area contributed by atoms with E-state index in [1.165, 1.54) is 0 Å². The molecule has 1 atom stereocenters. The van der Waals surface area contributed by atoms with Crippen LogP contribution in [0.4, 0.5) is 13.2 Å². The first kappa shape index (κ1) is 33.1. The van der Waals surface area contributed by atoms with E-state index in [1.54, 1.807) is 14.0 Å². The van der Waals surface area contributed by atoms with Crippen LogP contribution in [-0.4, -0.2) is 47.8 Å². The van der Waals surface area contributed by atoms with Crippen molar-refractivity contribution < 1.29 is 42.7 Å². The number of carbonyl (C=O) groups is 3. The van der Waals surface area contributed by atoms with Crippen LogP contribution in [0.5, 0.6) is 5.75 Å². The number of carbonyl (C=O) groups excluding carboxylic acids is 3. The monoisotopic (exact) mass is 600 g/mol. The second kappa shape index (κ2) is 15.1. The molecule has 4 N–H and O–H groups in total. The number of rotatable bonds is 12. The number of benzene rings is 2. The number of aryl methyl sites for hydroxylation is 1. The number of amidine groups is 1. The Morgan fingerprint density at radius 3 is 2.42 bits per heavy atom. The van der Waals surface area contributed by atoms with E-state index in [-0.39, 0.29) is 24.2 Å². The number of carboxylic acid groups (broad SMARTS) is 1. The third-order valence-electron chi connectivity index (χ3n) is 6.87. The van der Waals surface area contributed by atoms with Crippen LogP contribution < -0.4 is 20.5 Å². The van der Waals surface area contributed by atoms with Gasteiger partial charge in [-0.25, -0.2) is 4.99 Å². The fraction of sp³-hybridized carbons (Fsp3) is 0.355. The van der Waals surface area contributed by atoms with E-state index in [0.29, 0.717) is 6.42 Å². The highest BCUT2D eigenvalue weighted by Gasteiger charge is 2.29. The Balaban J connectivity index is 0.000000646. The molecule has 2 aromatic carbocycles. The first-order chi connectivity index (χ1) is 20.4. The summed E-state index contributed by atoms with van der Waals surface area (Å²) in [7, 11) is 1.64. The number of Topliss-reactive ketones (excluding diaryl/α,β-unsaturated/α-hetero) is 1. The lowest BCUT2D eigenvalue weighted by molar-refractivity contribution is -0.434. The number of quaternary nitrogens is 1. The number of aromatic amines is 1. The number of unbranched alkanes of at least 4 members (excludes halogenated alkanes) is 2. The van der Waals surface area contributed by atoms with Crippen LogP contribution in [0.3, 0.4) is 0 Å². The second-order valence-corrected chi connectivity index (χ2v) is 10.2. The number of alkyl halides is 3. The summed E-state index contributed by atoms with van der Waals surface area (Å²) in [5.74, 6) is -1.20. The van der Waals surface area contributed by atoms with Gasteiger partial charge in [0.15, 0.2) is 5.70 Å². The minimum atomic E-state index is -5.19. The van der Waals surface area contributed by atoms with Crippen molar-refractivity contribution >= 4 is 40.1 Å². The van der Waals surface area contributed by atoms with Crippen molar-refractivity contribution in [2.75, 3.05) is 7.11 Å². The number of aromatic nitrogens is 1.